The maximum absolute atomic E-state index is 13.3. The van der Waals surface area contributed by atoms with E-state index in [4.69, 9.17) is 9.05 Å². The molecule has 0 aliphatic heterocycles. The molecule has 0 spiro atoms. The van der Waals surface area contributed by atoms with Crippen LogP contribution in [-0.4, -0.2) is 0 Å². The predicted octanol–water partition coefficient (Wildman–Crippen LogP) is 6.12. The summed E-state index contributed by atoms with van der Waals surface area (Å²) in [5.74, 6) is 0.422. The molecule has 0 atom stereocenters. The molecule has 0 saturated heterocycles. The van der Waals surface area contributed by atoms with Crippen LogP contribution in [-0.2, 0) is 4.57 Å². The first-order valence-corrected chi connectivity index (χ1v) is 9.63. The molecule has 6 heteroatoms. The lowest BCUT2D eigenvalue weighted by atomic mass is 10.2. The van der Waals surface area contributed by atoms with Gasteiger partial charge in [0.1, 0.15) is 17.3 Å². The molecule has 134 valence electrons. The Balaban J connectivity index is 1.88. The Bertz CT molecular complexity index is 787. The number of hydrogen-bond donors (Lipinski definition) is 1. The zero-order valence-corrected chi connectivity index (χ0v) is 15.4. The van der Waals surface area contributed by atoms with Crippen molar-refractivity contribution in [3.63, 3.8) is 0 Å². The Labute approximate surface area is 152 Å². The van der Waals surface area contributed by atoms with Crippen molar-refractivity contribution in [2.75, 3.05) is 5.09 Å². The van der Waals surface area contributed by atoms with Crippen LogP contribution in [0.2, 0.25) is 0 Å². The third kappa shape index (κ3) is 4.87. The molecule has 0 saturated carbocycles. The zero-order valence-electron chi connectivity index (χ0n) is 14.5. The molecule has 3 rings (SSSR count). The van der Waals surface area contributed by atoms with E-state index in [9.17, 15) is 8.96 Å². The molecule has 0 bridgehead atoms. The monoisotopic (exact) mass is 371 g/mol. The third-order valence-electron chi connectivity index (χ3n) is 3.60. The molecule has 3 aromatic carbocycles. The van der Waals surface area contributed by atoms with E-state index < -0.39 is 7.75 Å². The van der Waals surface area contributed by atoms with Crippen molar-refractivity contribution in [3.05, 3.63) is 89.7 Å². The lowest BCUT2D eigenvalue weighted by Gasteiger charge is -2.21. The van der Waals surface area contributed by atoms with E-state index in [1.54, 1.807) is 24.3 Å². The van der Waals surface area contributed by atoms with Crippen molar-refractivity contribution >= 4 is 13.4 Å². The topological polar surface area (TPSA) is 47.6 Å². The van der Waals surface area contributed by atoms with Crippen molar-refractivity contribution in [1.29, 1.82) is 0 Å². The van der Waals surface area contributed by atoms with E-state index in [1.807, 2.05) is 38.1 Å². The van der Waals surface area contributed by atoms with E-state index in [-0.39, 0.29) is 5.82 Å². The van der Waals surface area contributed by atoms with Gasteiger partial charge in [-0.1, -0.05) is 35.4 Å². The summed E-state index contributed by atoms with van der Waals surface area (Å²) in [7, 11) is -3.80. The van der Waals surface area contributed by atoms with Crippen molar-refractivity contribution < 1.29 is 18.0 Å². The highest BCUT2D eigenvalue weighted by Crippen LogP contribution is 2.48. The second-order valence-electron chi connectivity index (χ2n) is 5.92. The summed E-state index contributed by atoms with van der Waals surface area (Å²) >= 11 is 0. The second kappa shape index (κ2) is 7.63. The maximum atomic E-state index is 13.3. The fourth-order valence-electron chi connectivity index (χ4n) is 2.22. The Hall–Kier alpha value is -2.78. The normalized spacial score (nSPS) is 11.0. The fourth-order valence-corrected chi connectivity index (χ4v) is 3.61. The number of aryl methyl sites for hydroxylation is 2. The summed E-state index contributed by atoms with van der Waals surface area (Å²) in [6.07, 6.45) is 0. The highest BCUT2D eigenvalue weighted by Gasteiger charge is 2.29. The van der Waals surface area contributed by atoms with Crippen LogP contribution in [0.3, 0.4) is 0 Å². The minimum Gasteiger partial charge on any atom is -0.400 e. The zero-order chi connectivity index (χ0) is 18.6. The highest BCUT2D eigenvalue weighted by molar-refractivity contribution is 7.56. The molecule has 0 aromatic heterocycles. The van der Waals surface area contributed by atoms with E-state index in [2.05, 4.69) is 5.09 Å². The third-order valence-corrected chi connectivity index (χ3v) is 5.04. The average molecular weight is 371 g/mol. The van der Waals surface area contributed by atoms with Gasteiger partial charge in [-0.15, -0.1) is 0 Å². The SMILES string of the molecule is Cc1ccc(OP(=O)(Nc2ccc(F)cc2)Oc2ccc(C)cc2)cc1. The number of halogens is 1. The number of rotatable bonds is 6. The van der Waals surface area contributed by atoms with E-state index in [0.717, 1.165) is 11.1 Å². The number of hydrogen-bond acceptors (Lipinski definition) is 3. The summed E-state index contributed by atoms with van der Waals surface area (Å²) in [5, 5.41) is 2.75. The number of nitrogens with one attached hydrogen (secondary N) is 1. The molecule has 0 radical (unpaired) electrons. The molecule has 1 N–H and O–H groups in total. The van der Waals surface area contributed by atoms with Crippen molar-refractivity contribution in [1.82, 2.24) is 0 Å². The Kier molecular flexibility index (Phi) is 5.29. The van der Waals surface area contributed by atoms with Crippen LogP contribution in [0.15, 0.2) is 72.8 Å². The van der Waals surface area contributed by atoms with Gasteiger partial charge in [-0.3, -0.25) is 5.09 Å². The predicted molar refractivity (Wildman–Crippen MR) is 101 cm³/mol. The summed E-state index contributed by atoms with van der Waals surface area (Å²) in [6, 6.07) is 19.7. The minimum absolute atomic E-state index is 0.385. The molecular weight excluding hydrogens is 352 g/mol. The van der Waals surface area contributed by atoms with Gasteiger partial charge in [0.25, 0.3) is 0 Å². The van der Waals surface area contributed by atoms with Crippen LogP contribution < -0.4 is 14.1 Å². The Morgan fingerprint density at radius 2 is 1.15 bits per heavy atom. The molecule has 0 fully saturated rings. The van der Waals surface area contributed by atoms with Crippen LogP contribution in [0.25, 0.3) is 0 Å². The molecule has 3 aromatic rings. The minimum atomic E-state index is -3.80. The molecule has 26 heavy (non-hydrogen) atoms. The smallest absolute Gasteiger partial charge is 0.400 e. The quantitative estimate of drug-likeness (QED) is 0.530. The van der Waals surface area contributed by atoms with Gasteiger partial charge in [0.05, 0.1) is 0 Å². The van der Waals surface area contributed by atoms with Crippen molar-refractivity contribution in [3.8, 4) is 11.5 Å². The Morgan fingerprint density at radius 1 is 0.731 bits per heavy atom. The van der Waals surface area contributed by atoms with E-state index in [1.165, 1.54) is 24.3 Å². The molecule has 0 unspecified atom stereocenters. The lowest BCUT2D eigenvalue weighted by molar-refractivity contribution is 0.392. The van der Waals surface area contributed by atoms with Gasteiger partial charge in [0.2, 0.25) is 0 Å². The summed E-state index contributed by atoms with van der Waals surface area (Å²) in [5.41, 5.74) is 2.53. The first kappa shape index (κ1) is 18.0. The lowest BCUT2D eigenvalue weighted by Crippen LogP contribution is -2.10. The van der Waals surface area contributed by atoms with E-state index >= 15 is 0 Å². The molecule has 0 aliphatic carbocycles. The van der Waals surface area contributed by atoms with Crippen LogP contribution in [0.5, 0.6) is 11.5 Å². The number of anilines is 1. The van der Waals surface area contributed by atoms with Gasteiger partial charge >= 0.3 is 7.75 Å². The van der Waals surface area contributed by atoms with Crippen molar-refractivity contribution in [2.24, 2.45) is 0 Å². The molecule has 0 aliphatic rings. The molecule has 0 heterocycles. The summed E-state index contributed by atoms with van der Waals surface area (Å²) in [4.78, 5) is 0. The van der Waals surface area contributed by atoms with Crippen LogP contribution >= 0.6 is 7.75 Å². The average Bonchev–Trinajstić information content (AvgIpc) is 2.61. The van der Waals surface area contributed by atoms with Crippen LogP contribution in [0.1, 0.15) is 11.1 Å². The molecular formula is C20H19FNO3P. The van der Waals surface area contributed by atoms with Gasteiger partial charge in [-0.25, -0.2) is 8.96 Å². The summed E-state index contributed by atoms with van der Waals surface area (Å²) < 4.78 is 37.8. The largest absolute Gasteiger partial charge is 0.541 e. The van der Waals surface area contributed by atoms with Crippen LogP contribution in [0, 0.1) is 19.7 Å². The maximum Gasteiger partial charge on any atom is 0.541 e. The van der Waals surface area contributed by atoms with Gasteiger partial charge in [-0.2, -0.15) is 0 Å². The first-order valence-electron chi connectivity index (χ1n) is 8.08. The second-order valence-corrected chi connectivity index (χ2v) is 7.51. The fraction of sp³-hybridized carbons (Fsp3) is 0.100. The van der Waals surface area contributed by atoms with Gasteiger partial charge in [-0.05, 0) is 62.4 Å². The van der Waals surface area contributed by atoms with E-state index in [0.29, 0.717) is 17.2 Å². The summed E-state index contributed by atoms with van der Waals surface area (Å²) in [6.45, 7) is 3.89. The van der Waals surface area contributed by atoms with Crippen LogP contribution in [0.4, 0.5) is 10.1 Å². The van der Waals surface area contributed by atoms with Gasteiger partial charge in [0, 0.05) is 5.69 Å². The Morgan fingerprint density at radius 3 is 1.58 bits per heavy atom. The highest BCUT2D eigenvalue weighted by atomic mass is 31.2. The first-order chi connectivity index (χ1) is 12.4. The standard InChI is InChI=1S/C20H19FNO3P/c1-15-3-11-19(12-4-15)24-26(23,22-18-9-7-17(21)8-10-18)25-20-13-5-16(2)6-14-20/h3-14H,1-2H3,(H,22,23). The van der Waals surface area contributed by atoms with Gasteiger partial charge in [0.15, 0.2) is 0 Å². The molecule has 4 nitrogen and oxygen atoms in total. The number of benzene rings is 3. The van der Waals surface area contributed by atoms with Crippen molar-refractivity contribution in [2.45, 2.75) is 13.8 Å². The molecule has 0 amide bonds. The van der Waals surface area contributed by atoms with Gasteiger partial charge < -0.3 is 9.05 Å².